The van der Waals surface area contributed by atoms with Crippen LogP contribution in [-0.4, -0.2) is 26.3 Å². The van der Waals surface area contributed by atoms with Crippen LogP contribution in [-0.2, 0) is 4.74 Å². The van der Waals surface area contributed by atoms with Crippen LogP contribution in [0.15, 0.2) is 0 Å². The topological polar surface area (TPSA) is 21.3 Å². The van der Waals surface area contributed by atoms with Gasteiger partial charge in [0.05, 0.1) is 6.61 Å². The van der Waals surface area contributed by atoms with E-state index in [0.717, 1.165) is 18.4 Å². The zero-order valence-electron chi connectivity index (χ0n) is 7.18. The smallest absolute Gasteiger partial charge is 0.0615 e. The lowest BCUT2D eigenvalue weighted by Crippen LogP contribution is -2.25. The molecule has 11 heavy (non-hydrogen) atoms. The second-order valence-corrected chi connectivity index (χ2v) is 3.89. The number of nitrogens with one attached hydrogen (secondary N) is 1. The number of hydrogen-bond acceptors (Lipinski definition) is 2. The highest BCUT2D eigenvalue weighted by molar-refractivity contribution is 4.90. The summed E-state index contributed by atoms with van der Waals surface area (Å²) in [5.74, 6) is 2.03. The van der Waals surface area contributed by atoms with Gasteiger partial charge in [-0.15, -0.1) is 0 Å². The molecule has 0 bridgehead atoms. The summed E-state index contributed by atoms with van der Waals surface area (Å²) < 4.78 is 5.11. The molecule has 0 aromatic heterocycles. The summed E-state index contributed by atoms with van der Waals surface area (Å²) in [4.78, 5) is 0. The lowest BCUT2D eigenvalue weighted by atomic mass is 10.0. The number of ether oxygens (including phenoxy) is 1. The van der Waals surface area contributed by atoms with Crippen molar-refractivity contribution in [2.45, 2.75) is 25.3 Å². The molecule has 0 amide bonds. The molecule has 2 fully saturated rings. The van der Waals surface area contributed by atoms with Crippen LogP contribution in [0.5, 0.6) is 0 Å². The van der Waals surface area contributed by atoms with Gasteiger partial charge in [-0.05, 0) is 37.6 Å². The van der Waals surface area contributed by atoms with Gasteiger partial charge in [0, 0.05) is 13.2 Å². The third-order valence-electron chi connectivity index (χ3n) is 2.91. The molecule has 0 spiro atoms. The summed E-state index contributed by atoms with van der Waals surface area (Å²) in [5.41, 5.74) is 0. The Balaban J connectivity index is 1.74. The summed E-state index contributed by atoms with van der Waals surface area (Å²) in [6.45, 7) is 2.13. The molecule has 2 rings (SSSR count). The molecule has 2 heteroatoms. The number of hydrogen-bond donors (Lipinski definition) is 1. The Labute approximate surface area is 68.3 Å². The Hall–Kier alpha value is -0.0800. The van der Waals surface area contributed by atoms with Crippen LogP contribution >= 0.6 is 0 Å². The predicted molar refractivity (Wildman–Crippen MR) is 44.5 cm³/mol. The van der Waals surface area contributed by atoms with E-state index < -0.39 is 0 Å². The lowest BCUT2D eigenvalue weighted by Gasteiger charge is -2.07. The van der Waals surface area contributed by atoms with Crippen molar-refractivity contribution < 1.29 is 4.74 Å². The van der Waals surface area contributed by atoms with Gasteiger partial charge in [0.25, 0.3) is 0 Å². The zero-order valence-corrected chi connectivity index (χ0v) is 7.18. The molecule has 1 aliphatic heterocycles. The highest BCUT2D eigenvalue weighted by Crippen LogP contribution is 2.40. The summed E-state index contributed by atoms with van der Waals surface area (Å²) >= 11 is 0. The summed E-state index contributed by atoms with van der Waals surface area (Å²) in [5, 5.41) is 3.50. The predicted octanol–water partition coefficient (Wildman–Crippen LogP) is 1.02. The molecule has 1 saturated heterocycles. The normalized spacial score (nSPS) is 37.9. The standard InChI is InChI=1S/C9H17NO/c1-11-6-9-4-8(5-10-9)7-2-3-7/h7-10H,2-6H2,1H3. The third-order valence-corrected chi connectivity index (χ3v) is 2.91. The van der Waals surface area contributed by atoms with E-state index in [4.69, 9.17) is 4.74 Å². The first-order valence-corrected chi connectivity index (χ1v) is 4.62. The van der Waals surface area contributed by atoms with Gasteiger partial charge in [-0.25, -0.2) is 0 Å². The molecule has 1 saturated carbocycles. The maximum absolute atomic E-state index is 5.11. The summed E-state index contributed by atoms with van der Waals surface area (Å²) in [6.07, 6.45) is 4.30. The first-order valence-electron chi connectivity index (χ1n) is 4.62. The van der Waals surface area contributed by atoms with Gasteiger partial charge in [-0.3, -0.25) is 0 Å². The monoisotopic (exact) mass is 155 g/mol. The fourth-order valence-electron chi connectivity index (χ4n) is 2.11. The van der Waals surface area contributed by atoms with Crippen LogP contribution in [0.1, 0.15) is 19.3 Å². The van der Waals surface area contributed by atoms with E-state index in [0.29, 0.717) is 6.04 Å². The Morgan fingerprint density at radius 1 is 1.36 bits per heavy atom. The van der Waals surface area contributed by atoms with E-state index in [2.05, 4.69) is 5.32 Å². The Morgan fingerprint density at radius 2 is 2.18 bits per heavy atom. The SMILES string of the molecule is COCC1CC(C2CC2)CN1. The molecule has 0 aromatic carbocycles. The van der Waals surface area contributed by atoms with Gasteiger partial charge in [0.1, 0.15) is 0 Å². The van der Waals surface area contributed by atoms with Crippen molar-refractivity contribution in [2.24, 2.45) is 11.8 Å². The highest BCUT2D eigenvalue weighted by Gasteiger charge is 2.36. The van der Waals surface area contributed by atoms with Gasteiger partial charge in [0.15, 0.2) is 0 Å². The van der Waals surface area contributed by atoms with Crippen LogP contribution in [0.25, 0.3) is 0 Å². The maximum atomic E-state index is 5.11. The molecule has 0 aromatic rings. The van der Waals surface area contributed by atoms with Crippen molar-refractivity contribution in [2.75, 3.05) is 20.3 Å². The second-order valence-electron chi connectivity index (χ2n) is 3.89. The van der Waals surface area contributed by atoms with E-state index in [1.54, 1.807) is 7.11 Å². The lowest BCUT2D eigenvalue weighted by molar-refractivity contribution is 0.172. The van der Waals surface area contributed by atoms with Crippen LogP contribution in [0.3, 0.4) is 0 Å². The first kappa shape index (κ1) is 7.56. The third kappa shape index (κ3) is 1.74. The Kier molecular flexibility index (Phi) is 2.14. The molecule has 2 aliphatic rings. The van der Waals surface area contributed by atoms with Gasteiger partial charge in [-0.2, -0.15) is 0 Å². The van der Waals surface area contributed by atoms with Crippen molar-refractivity contribution in [1.82, 2.24) is 5.32 Å². The van der Waals surface area contributed by atoms with Crippen molar-refractivity contribution in [3.8, 4) is 0 Å². The molecule has 64 valence electrons. The van der Waals surface area contributed by atoms with Crippen molar-refractivity contribution in [1.29, 1.82) is 0 Å². The van der Waals surface area contributed by atoms with E-state index in [1.165, 1.54) is 25.8 Å². The first-order chi connectivity index (χ1) is 5.40. The highest BCUT2D eigenvalue weighted by atomic mass is 16.5. The van der Waals surface area contributed by atoms with Gasteiger partial charge >= 0.3 is 0 Å². The second kappa shape index (κ2) is 3.11. The van der Waals surface area contributed by atoms with Gasteiger partial charge in [-0.1, -0.05) is 0 Å². The van der Waals surface area contributed by atoms with Crippen molar-refractivity contribution in [3.63, 3.8) is 0 Å². The Bertz CT molecular complexity index is 134. The fraction of sp³-hybridized carbons (Fsp3) is 1.00. The van der Waals surface area contributed by atoms with Crippen molar-refractivity contribution in [3.05, 3.63) is 0 Å². The van der Waals surface area contributed by atoms with E-state index in [1.807, 2.05) is 0 Å². The average molecular weight is 155 g/mol. The average Bonchev–Trinajstić information content (AvgIpc) is 2.75. The molecular weight excluding hydrogens is 138 g/mol. The summed E-state index contributed by atoms with van der Waals surface area (Å²) in [6, 6.07) is 0.644. The molecule has 1 N–H and O–H groups in total. The van der Waals surface area contributed by atoms with Crippen LogP contribution < -0.4 is 5.32 Å². The number of rotatable bonds is 3. The fourth-order valence-corrected chi connectivity index (χ4v) is 2.11. The van der Waals surface area contributed by atoms with Crippen LogP contribution in [0.2, 0.25) is 0 Å². The largest absolute Gasteiger partial charge is 0.383 e. The summed E-state index contributed by atoms with van der Waals surface area (Å²) in [7, 11) is 1.78. The maximum Gasteiger partial charge on any atom is 0.0615 e. The zero-order chi connectivity index (χ0) is 7.68. The minimum absolute atomic E-state index is 0.644. The molecule has 1 aliphatic carbocycles. The van der Waals surface area contributed by atoms with Crippen molar-refractivity contribution >= 4 is 0 Å². The quantitative estimate of drug-likeness (QED) is 0.657. The van der Waals surface area contributed by atoms with Crippen LogP contribution in [0, 0.1) is 11.8 Å². The molecule has 2 atom stereocenters. The van der Waals surface area contributed by atoms with Crippen LogP contribution in [0.4, 0.5) is 0 Å². The van der Waals surface area contributed by atoms with E-state index in [-0.39, 0.29) is 0 Å². The minimum atomic E-state index is 0.644. The molecule has 2 unspecified atom stereocenters. The van der Waals surface area contributed by atoms with Gasteiger partial charge in [0.2, 0.25) is 0 Å². The molecular formula is C9H17NO. The van der Waals surface area contributed by atoms with E-state index in [9.17, 15) is 0 Å². The molecule has 0 radical (unpaired) electrons. The minimum Gasteiger partial charge on any atom is -0.383 e. The molecule has 2 nitrogen and oxygen atoms in total. The van der Waals surface area contributed by atoms with E-state index >= 15 is 0 Å². The Morgan fingerprint density at radius 3 is 2.82 bits per heavy atom. The molecule has 1 heterocycles. The van der Waals surface area contributed by atoms with Gasteiger partial charge < -0.3 is 10.1 Å². The number of methoxy groups -OCH3 is 1.